The molecule has 0 unspecified atom stereocenters. The normalized spacial score (nSPS) is 20.1. The third-order valence-electron chi connectivity index (χ3n) is 6.76. The molecule has 176 valence electrons. The highest BCUT2D eigenvalue weighted by molar-refractivity contribution is 14.0. The van der Waals surface area contributed by atoms with Gasteiger partial charge in [0.1, 0.15) is 5.75 Å². The number of nitrogens with zero attached hydrogens (tertiary/aromatic N) is 4. The van der Waals surface area contributed by atoms with Gasteiger partial charge < -0.3 is 19.9 Å². The van der Waals surface area contributed by atoms with E-state index in [1.807, 2.05) is 12.1 Å². The van der Waals surface area contributed by atoms with Gasteiger partial charge in [-0.25, -0.2) is 0 Å². The summed E-state index contributed by atoms with van der Waals surface area (Å²) in [4.78, 5) is 12.6. The molecule has 7 heteroatoms. The summed E-state index contributed by atoms with van der Waals surface area (Å²) >= 11 is 0. The molecule has 2 fully saturated rings. The molecule has 0 amide bonds. The number of nitrogens with one attached hydrogen (secondary N) is 1. The van der Waals surface area contributed by atoms with Crippen molar-refractivity contribution < 1.29 is 4.74 Å². The van der Waals surface area contributed by atoms with Crippen LogP contribution in [-0.2, 0) is 6.54 Å². The van der Waals surface area contributed by atoms with Crippen molar-refractivity contribution in [3.05, 3.63) is 29.8 Å². The molecule has 31 heavy (non-hydrogen) atoms. The highest BCUT2D eigenvalue weighted by Crippen LogP contribution is 2.32. The van der Waals surface area contributed by atoms with Crippen LogP contribution in [0.1, 0.15) is 44.6 Å². The number of piperidine rings is 2. The van der Waals surface area contributed by atoms with Gasteiger partial charge in [-0.1, -0.05) is 24.6 Å². The average molecular weight is 544 g/mol. The van der Waals surface area contributed by atoms with E-state index in [0.717, 1.165) is 31.3 Å². The third-order valence-corrected chi connectivity index (χ3v) is 6.76. The molecule has 0 aliphatic carbocycles. The lowest BCUT2D eigenvalue weighted by atomic mass is 9.84. The molecule has 6 nitrogen and oxygen atoms in total. The minimum absolute atomic E-state index is 0. The van der Waals surface area contributed by atoms with Crippen molar-refractivity contribution in [2.75, 3.05) is 60.5 Å². The minimum atomic E-state index is 0. The molecule has 2 aliphatic rings. The summed E-state index contributed by atoms with van der Waals surface area (Å²) in [7, 11) is 6.10. The second kappa shape index (κ2) is 12.8. The quantitative estimate of drug-likeness (QED) is 0.323. The number of benzene rings is 1. The zero-order valence-electron chi connectivity index (χ0n) is 19.9. The van der Waals surface area contributed by atoms with Gasteiger partial charge in [0.15, 0.2) is 5.96 Å². The summed E-state index contributed by atoms with van der Waals surface area (Å²) in [6.45, 7) is 9.45. The maximum atomic E-state index is 5.55. The minimum Gasteiger partial charge on any atom is -0.496 e. The molecule has 2 saturated heterocycles. The number of methoxy groups -OCH3 is 1. The largest absolute Gasteiger partial charge is 0.496 e. The fraction of sp³-hybridized carbons (Fsp3) is 0.708. The van der Waals surface area contributed by atoms with Gasteiger partial charge in [0.2, 0.25) is 0 Å². The molecule has 3 rings (SSSR count). The summed E-state index contributed by atoms with van der Waals surface area (Å²) in [5.74, 6) is 1.92. The van der Waals surface area contributed by atoms with Crippen LogP contribution in [0.3, 0.4) is 0 Å². The van der Waals surface area contributed by atoms with Crippen LogP contribution in [0.4, 0.5) is 0 Å². The fourth-order valence-corrected chi connectivity index (χ4v) is 4.83. The van der Waals surface area contributed by atoms with Gasteiger partial charge in [-0.05, 0) is 71.9 Å². The van der Waals surface area contributed by atoms with Crippen molar-refractivity contribution in [3.8, 4) is 5.75 Å². The first kappa shape index (κ1) is 26.2. The molecule has 0 saturated carbocycles. The zero-order chi connectivity index (χ0) is 21.4. The molecule has 1 aromatic rings. The number of ether oxygens (including phenoxy) is 1. The van der Waals surface area contributed by atoms with Gasteiger partial charge in [-0.15, -0.1) is 24.0 Å². The molecule has 2 aliphatic heterocycles. The Morgan fingerprint density at radius 1 is 1.13 bits per heavy atom. The molecular weight excluding hydrogens is 501 g/mol. The highest BCUT2D eigenvalue weighted by Gasteiger charge is 2.39. The van der Waals surface area contributed by atoms with E-state index in [1.165, 1.54) is 63.8 Å². The molecule has 1 N–H and O–H groups in total. The molecule has 1 aromatic carbocycles. The molecule has 0 radical (unpaired) electrons. The molecule has 0 atom stereocenters. The molecule has 0 aromatic heterocycles. The van der Waals surface area contributed by atoms with Gasteiger partial charge in [0.05, 0.1) is 13.7 Å². The Hall–Kier alpha value is -1.06. The van der Waals surface area contributed by atoms with E-state index in [4.69, 9.17) is 9.73 Å². The average Bonchev–Trinajstić information content (AvgIpc) is 2.79. The Balaban J connectivity index is 0.00000341. The summed E-state index contributed by atoms with van der Waals surface area (Å²) in [6, 6.07) is 8.24. The van der Waals surface area contributed by atoms with Crippen molar-refractivity contribution in [2.24, 2.45) is 4.99 Å². The highest BCUT2D eigenvalue weighted by atomic mass is 127. The van der Waals surface area contributed by atoms with Crippen molar-refractivity contribution in [2.45, 2.75) is 51.1 Å². The van der Waals surface area contributed by atoms with Crippen LogP contribution in [0.5, 0.6) is 5.75 Å². The predicted octanol–water partition coefficient (Wildman–Crippen LogP) is 3.66. The Morgan fingerprint density at radius 3 is 2.45 bits per heavy atom. The van der Waals surface area contributed by atoms with E-state index in [1.54, 1.807) is 7.11 Å². The third kappa shape index (κ3) is 6.96. The Morgan fingerprint density at radius 2 is 1.81 bits per heavy atom. The number of para-hydroxylation sites is 1. The zero-order valence-corrected chi connectivity index (χ0v) is 22.2. The van der Waals surface area contributed by atoms with Crippen molar-refractivity contribution in [1.29, 1.82) is 0 Å². The van der Waals surface area contributed by atoms with E-state index < -0.39 is 0 Å². The van der Waals surface area contributed by atoms with E-state index in [0.29, 0.717) is 0 Å². The fourth-order valence-electron chi connectivity index (χ4n) is 4.83. The summed E-state index contributed by atoms with van der Waals surface area (Å²) in [5, 5.41) is 3.51. The van der Waals surface area contributed by atoms with Crippen molar-refractivity contribution in [1.82, 2.24) is 20.0 Å². The lowest BCUT2D eigenvalue weighted by Gasteiger charge is -2.49. The Bertz CT molecular complexity index is 684. The van der Waals surface area contributed by atoms with Crippen LogP contribution in [0, 0.1) is 0 Å². The predicted molar refractivity (Wildman–Crippen MR) is 141 cm³/mol. The van der Waals surface area contributed by atoms with Crippen molar-refractivity contribution in [3.63, 3.8) is 0 Å². The van der Waals surface area contributed by atoms with Crippen LogP contribution in [0.25, 0.3) is 0 Å². The maximum absolute atomic E-state index is 5.55. The number of aliphatic imine (C=N–C) groups is 1. The first-order valence-electron chi connectivity index (χ1n) is 11.6. The monoisotopic (exact) mass is 543 g/mol. The van der Waals surface area contributed by atoms with Crippen LogP contribution in [0.15, 0.2) is 29.3 Å². The number of guanidine groups is 1. The van der Waals surface area contributed by atoms with Gasteiger partial charge >= 0.3 is 0 Å². The van der Waals surface area contributed by atoms with Gasteiger partial charge in [-0.3, -0.25) is 9.89 Å². The first-order valence-corrected chi connectivity index (χ1v) is 11.6. The van der Waals surface area contributed by atoms with Crippen LogP contribution >= 0.6 is 24.0 Å². The maximum Gasteiger partial charge on any atom is 0.194 e. The number of hydrogen-bond donors (Lipinski definition) is 1. The number of rotatable bonds is 7. The SMILES string of the molecule is CCNC(=NCC1(N2CCCCC2)CCN(C)CC1)N(C)Cc1ccccc1OC.I. The second-order valence-electron chi connectivity index (χ2n) is 8.91. The van der Waals surface area contributed by atoms with E-state index in [-0.39, 0.29) is 29.5 Å². The van der Waals surface area contributed by atoms with Crippen LogP contribution < -0.4 is 10.1 Å². The smallest absolute Gasteiger partial charge is 0.194 e. The van der Waals surface area contributed by atoms with Crippen LogP contribution in [0.2, 0.25) is 0 Å². The van der Waals surface area contributed by atoms with Gasteiger partial charge in [-0.2, -0.15) is 0 Å². The topological polar surface area (TPSA) is 43.3 Å². The van der Waals surface area contributed by atoms with E-state index in [2.05, 4.69) is 53.2 Å². The lowest BCUT2D eigenvalue weighted by molar-refractivity contribution is 0.0206. The number of likely N-dealkylation sites (tertiary alicyclic amines) is 2. The molecule has 0 bridgehead atoms. The van der Waals surface area contributed by atoms with Crippen molar-refractivity contribution >= 4 is 29.9 Å². The Labute approximate surface area is 206 Å². The van der Waals surface area contributed by atoms with Gasteiger partial charge in [0, 0.05) is 31.2 Å². The first-order chi connectivity index (χ1) is 14.6. The summed E-state index contributed by atoms with van der Waals surface area (Å²) < 4.78 is 5.55. The summed E-state index contributed by atoms with van der Waals surface area (Å²) in [5.41, 5.74) is 1.39. The van der Waals surface area contributed by atoms with Gasteiger partial charge in [0.25, 0.3) is 0 Å². The Kier molecular flexibility index (Phi) is 10.9. The summed E-state index contributed by atoms with van der Waals surface area (Å²) in [6.07, 6.45) is 6.45. The lowest BCUT2D eigenvalue weighted by Crippen LogP contribution is -2.58. The molecule has 0 spiro atoms. The second-order valence-corrected chi connectivity index (χ2v) is 8.91. The standard InChI is InChI=1S/C24H41N5O.HI/c1-5-25-23(28(3)19-21-11-7-8-12-22(21)30-4)26-20-24(13-17-27(2)18-14-24)29-15-9-6-10-16-29;/h7-8,11-12H,5-6,9-10,13-20H2,1-4H3,(H,25,26);1H. The van der Waals surface area contributed by atoms with E-state index in [9.17, 15) is 0 Å². The van der Waals surface area contributed by atoms with E-state index >= 15 is 0 Å². The molecular formula is C24H42IN5O. The number of hydrogen-bond acceptors (Lipinski definition) is 4. The molecule has 2 heterocycles. The van der Waals surface area contributed by atoms with Crippen LogP contribution in [-0.4, -0.2) is 86.7 Å². The number of halogens is 1.